The number of halogens is 1. The van der Waals surface area contributed by atoms with E-state index in [-0.39, 0.29) is 63.3 Å². The van der Waals surface area contributed by atoms with Crippen LogP contribution in [0.2, 0.25) is 10.1 Å². The Morgan fingerprint density at radius 2 is 1.47 bits per heavy atom. The lowest BCUT2D eigenvalue weighted by Crippen LogP contribution is -2.67. The fraction of sp³-hybridized carbons (Fsp3) is 0.386. The van der Waals surface area contributed by atoms with Crippen LogP contribution in [-0.2, 0) is 20.4 Å². The van der Waals surface area contributed by atoms with Crippen molar-refractivity contribution in [3.63, 3.8) is 0 Å². The Morgan fingerprint density at radius 3 is 2.14 bits per heavy atom. The van der Waals surface area contributed by atoms with Crippen LogP contribution in [0.1, 0.15) is 82.7 Å². The Morgan fingerprint density at radius 1 is 0.781 bits per heavy atom. The highest BCUT2D eigenvalue weighted by atomic mass is 35.5. The predicted octanol–water partition coefficient (Wildman–Crippen LogP) is 8.10. The molecule has 8 rings (SSSR count). The summed E-state index contributed by atoms with van der Waals surface area (Å²) in [4.78, 5) is 45.1. The van der Waals surface area contributed by atoms with Crippen molar-refractivity contribution in [2.24, 2.45) is 0 Å². The van der Waals surface area contributed by atoms with Crippen molar-refractivity contribution in [1.29, 1.82) is 0 Å². The Labute approximate surface area is 434 Å². The van der Waals surface area contributed by atoms with Crippen LogP contribution in [0.15, 0.2) is 115 Å². The van der Waals surface area contributed by atoms with Gasteiger partial charge in [-0.05, 0) is 89.8 Å². The van der Waals surface area contributed by atoms with Crippen molar-refractivity contribution in [1.82, 2.24) is 14.9 Å². The second kappa shape index (κ2) is 24.4. The maximum atomic E-state index is 13.8. The normalized spacial score (nSPS) is 16.7. The van der Waals surface area contributed by atoms with E-state index in [1.165, 1.54) is 22.5 Å². The van der Waals surface area contributed by atoms with E-state index in [1.54, 1.807) is 30.3 Å². The number of carbonyl (C=O) groups is 3. The first kappa shape index (κ1) is 53.4. The van der Waals surface area contributed by atoms with Gasteiger partial charge in [-0.2, -0.15) is 0 Å². The monoisotopic (exact) mass is 1030 g/mol. The minimum Gasteiger partial charge on any atom is -0.507 e. The number of hydrogen-bond acceptors (Lipinski definition) is 13. The van der Waals surface area contributed by atoms with Gasteiger partial charge in [0.25, 0.3) is 20.1 Å². The summed E-state index contributed by atoms with van der Waals surface area (Å²) >= 11 is 6.83. The number of phenols is 1. The Hall–Kier alpha value is -5.88. The number of hydroxylamine groups is 2. The van der Waals surface area contributed by atoms with E-state index in [2.05, 4.69) is 96.1 Å². The molecular formula is C57H67ClN4O10Si. The van der Waals surface area contributed by atoms with Gasteiger partial charge in [-0.3, -0.25) is 29.4 Å². The highest BCUT2D eigenvalue weighted by Crippen LogP contribution is 2.39. The summed E-state index contributed by atoms with van der Waals surface area (Å²) in [6.45, 7) is 17.1. The van der Waals surface area contributed by atoms with E-state index >= 15 is 0 Å². The lowest BCUT2D eigenvalue weighted by Gasteiger charge is -2.44. The molecule has 3 heterocycles. The highest BCUT2D eigenvalue weighted by Gasteiger charge is 2.50. The van der Waals surface area contributed by atoms with E-state index in [9.17, 15) is 24.7 Å². The summed E-state index contributed by atoms with van der Waals surface area (Å²) in [7, 11) is -2.74. The summed E-state index contributed by atoms with van der Waals surface area (Å²) in [6, 6.07) is 35.4. The van der Waals surface area contributed by atoms with Crippen molar-refractivity contribution < 1.29 is 48.1 Å². The van der Waals surface area contributed by atoms with Crippen LogP contribution < -0.4 is 24.7 Å². The Kier molecular flexibility index (Phi) is 17.9. The van der Waals surface area contributed by atoms with Gasteiger partial charge in [-0.15, -0.1) is 5.06 Å². The molecule has 2 N–H and O–H groups in total. The van der Waals surface area contributed by atoms with E-state index in [1.807, 2.05) is 25.1 Å². The molecule has 2 amide bonds. The topological polar surface area (TPSA) is 151 Å². The minimum atomic E-state index is -2.74. The third-order valence-electron chi connectivity index (χ3n) is 13.9. The zero-order chi connectivity index (χ0) is 51.5. The van der Waals surface area contributed by atoms with Crippen molar-refractivity contribution in [3.05, 3.63) is 148 Å². The zero-order valence-electron chi connectivity index (χ0n) is 42.3. The molecule has 386 valence electrons. The summed E-state index contributed by atoms with van der Waals surface area (Å²) in [5.41, 5.74) is 2.90. The second-order valence-electron chi connectivity index (χ2n) is 19.6. The third kappa shape index (κ3) is 12.4. The second-order valence-corrected chi connectivity index (χ2v) is 24.3. The van der Waals surface area contributed by atoms with Gasteiger partial charge in [0.1, 0.15) is 23.9 Å². The zero-order valence-corrected chi connectivity index (χ0v) is 44.0. The lowest BCUT2D eigenvalue weighted by molar-refractivity contribution is -0.0328. The maximum absolute atomic E-state index is 13.8. The number of allylic oxidation sites excluding steroid dienone is 1. The van der Waals surface area contributed by atoms with Gasteiger partial charge in [0.2, 0.25) is 0 Å². The van der Waals surface area contributed by atoms with E-state index in [0.717, 1.165) is 63.4 Å². The number of ketones is 1. The molecule has 5 aromatic carbocycles. The molecule has 0 radical (unpaired) electrons. The van der Waals surface area contributed by atoms with Crippen LogP contribution in [0.3, 0.4) is 0 Å². The van der Waals surface area contributed by atoms with E-state index in [0.29, 0.717) is 55.9 Å². The summed E-state index contributed by atoms with van der Waals surface area (Å²) in [5.74, 6) is -1.26. The largest absolute Gasteiger partial charge is 0.507 e. The number of nitrogens with zero attached hydrogens (tertiary/aromatic N) is 4. The van der Waals surface area contributed by atoms with E-state index < -0.39 is 20.1 Å². The number of imide groups is 1. The number of amides is 2. The fourth-order valence-corrected chi connectivity index (χ4v) is 15.0. The molecule has 73 heavy (non-hydrogen) atoms. The molecule has 0 unspecified atom stereocenters. The van der Waals surface area contributed by atoms with Gasteiger partial charge in [0.05, 0.1) is 56.3 Å². The molecule has 0 aliphatic carbocycles. The van der Waals surface area contributed by atoms with Crippen LogP contribution in [0.25, 0.3) is 6.08 Å². The SMILES string of the molecule is CCOc1cc(O)c(C(=O)/C=C/c2ccc(N3CCN(CCOCCOCCOc4cccc5c4C(=O)N(O)C5=O)CC3)cc2Cl)cc1CN1CCC[C@@H]1CO[Si](c1ccccc1)(c1ccccc1)C(C)(C)C. The average molecular weight is 1030 g/mol. The molecule has 0 spiro atoms. The number of rotatable bonds is 23. The van der Waals surface area contributed by atoms with Crippen molar-refractivity contribution in [3.8, 4) is 17.2 Å². The number of phenolic OH excluding ortho intramolecular Hbond substituents is 1. The van der Waals surface area contributed by atoms with Crippen molar-refractivity contribution >= 4 is 59.7 Å². The molecule has 0 aromatic heterocycles. The van der Waals surface area contributed by atoms with Gasteiger partial charge in [0, 0.05) is 67.7 Å². The van der Waals surface area contributed by atoms with Crippen LogP contribution >= 0.6 is 11.6 Å². The number of hydrogen-bond donors (Lipinski definition) is 2. The highest BCUT2D eigenvalue weighted by molar-refractivity contribution is 6.99. The lowest BCUT2D eigenvalue weighted by atomic mass is 10.0. The van der Waals surface area contributed by atoms with Gasteiger partial charge >= 0.3 is 0 Å². The molecule has 5 aromatic rings. The van der Waals surface area contributed by atoms with Crippen LogP contribution in [0, 0.1) is 0 Å². The van der Waals surface area contributed by atoms with Gasteiger partial charge < -0.3 is 33.4 Å². The van der Waals surface area contributed by atoms with Gasteiger partial charge in [-0.1, -0.05) is 105 Å². The number of aromatic hydroxyl groups is 1. The average Bonchev–Trinajstić information content (AvgIpc) is 3.93. The molecule has 3 aliphatic rings. The molecule has 0 saturated carbocycles. The number of likely N-dealkylation sites (tertiary alicyclic amines) is 1. The molecule has 2 saturated heterocycles. The first-order valence-corrected chi connectivity index (χ1v) is 27.5. The Bertz CT molecular complexity index is 2690. The van der Waals surface area contributed by atoms with Crippen molar-refractivity contribution in [2.75, 3.05) is 90.4 Å². The smallest absolute Gasteiger partial charge is 0.289 e. The van der Waals surface area contributed by atoms with Crippen LogP contribution in [0.4, 0.5) is 5.69 Å². The number of piperazine rings is 1. The van der Waals surface area contributed by atoms with Gasteiger partial charge in [0.15, 0.2) is 5.78 Å². The van der Waals surface area contributed by atoms with Crippen LogP contribution in [-0.4, -0.2) is 143 Å². The number of carbonyl (C=O) groups excluding carboxylic acids is 3. The number of fused-ring (bicyclic) bond motifs is 1. The first-order chi connectivity index (χ1) is 35.3. The minimum absolute atomic E-state index is 0.0508. The fourth-order valence-electron chi connectivity index (χ4n) is 10.1. The van der Waals surface area contributed by atoms with E-state index in [4.69, 9.17) is 35.0 Å². The number of ether oxygens (including phenoxy) is 4. The molecule has 14 nitrogen and oxygen atoms in total. The van der Waals surface area contributed by atoms with Gasteiger partial charge in [-0.25, -0.2) is 0 Å². The van der Waals surface area contributed by atoms with Crippen LogP contribution in [0.5, 0.6) is 17.2 Å². The summed E-state index contributed by atoms with van der Waals surface area (Å²) < 4.78 is 30.5. The standard InChI is InChI=1S/C57H67ClN4O10Si/c1-5-70-53-38-51(64)48(36-42(53)39-61-25-13-14-44(61)40-72-73(57(2,3)4,45-15-8-6-9-16-45)46-17-10-7-11-18-46)50(63)24-22-41-21-23-43(37-49(41)58)60-28-26-59(27-29-60)30-31-68-32-33-69-34-35-71-52-20-12-19-47-54(52)56(66)62(67)55(47)65/h6-12,15-24,36-38,44,64,67H,5,13-14,25-35,39-40H2,1-4H3/b24-22+/t44-/m1/s1. The van der Waals surface area contributed by atoms with Crippen molar-refractivity contribution in [2.45, 2.75) is 58.2 Å². The third-order valence-corrected chi connectivity index (χ3v) is 19.3. The predicted molar refractivity (Wildman–Crippen MR) is 286 cm³/mol. The number of benzene rings is 5. The quantitative estimate of drug-likeness (QED) is 0.0162. The maximum Gasteiger partial charge on any atom is 0.289 e. The number of anilines is 1. The molecule has 3 aliphatic heterocycles. The Balaban J connectivity index is 0.805. The molecule has 1 atom stereocenters. The molecular weight excluding hydrogens is 964 g/mol. The molecule has 16 heteroatoms. The summed E-state index contributed by atoms with van der Waals surface area (Å²) in [5, 5.41) is 23.8. The molecule has 2 fully saturated rings. The summed E-state index contributed by atoms with van der Waals surface area (Å²) in [6.07, 6.45) is 5.19. The first-order valence-electron chi connectivity index (χ1n) is 25.2. The molecule has 0 bridgehead atoms.